The molecule has 1 aliphatic carbocycles. The fourth-order valence-electron chi connectivity index (χ4n) is 4.76. The number of esters is 1. The van der Waals surface area contributed by atoms with E-state index in [-0.39, 0.29) is 12.5 Å². The first-order valence-corrected chi connectivity index (χ1v) is 12.6. The van der Waals surface area contributed by atoms with Crippen LogP contribution in [0.5, 0.6) is 5.75 Å². The van der Waals surface area contributed by atoms with E-state index < -0.39 is 23.7 Å². The molecule has 6 heteroatoms. The maximum Gasteiger partial charge on any atom is 0.410 e. The summed E-state index contributed by atoms with van der Waals surface area (Å²) in [7, 11) is 3.22. The number of hydrogen-bond acceptors (Lipinski definition) is 5. The van der Waals surface area contributed by atoms with E-state index in [0.29, 0.717) is 12.8 Å². The lowest BCUT2D eigenvalue weighted by Gasteiger charge is -2.30. The third kappa shape index (κ3) is 6.13. The predicted octanol–water partition coefficient (Wildman–Crippen LogP) is 6.22. The lowest BCUT2D eigenvalue weighted by Crippen LogP contribution is -2.46. The smallest absolute Gasteiger partial charge is 0.410 e. The molecule has 0 fully saturated rings. The van der Waals surface area contributed by atoms with Gasteiger partial charge < -0.3 is 14.2 Å². The maximum absolute atomic E-state index is 13.2. The average molecular weight is 502 g/mol. The molecule has 0 aromatic heterocycles. The Labute approximate surface area is 219 Å². The number of likely N-dealkylation sites (N-methyl/N-ethyl adjacent to an activating group) is 1. The van der Waals surface area contributed by atoms with Crippen molar-refractivity contribution in [2.75, 3.05) is 20.8 Å². The van der Waals surface area contributed by atoms with E-state index in [1.807, 2.05) is 69.3 Å². The Morgan fingerprint density at radius 2 is 1.46 bits per heavy atom. The van der Waals surface area contributed by atoms with Crippen molar-refractivity contribution in [3.8, 4) is 16.9 Å². The van der Waals surface area contributed by atoms with E-state index in [2.05, 4.69) is 24.3 Å². The molecule has 1 atom stereocenters. The number of benzene rings is 3. The Balaban J connectivity index is 1.47. The SMILES string of the molecule is COc1ccc(CCC(C(=O)OC(C)(C)C)N(C)C(=O)OCC2c3ccccc3-c3ccccc32)cc1. The van der Waals surface area contributed by atoms with Gasteiger partial charge in [-0.25, -0.2) is 9.59 Å². The number of rotatable bonds is 8. The van der Waals surface area contributed by atoms with Crippen LogP contribution in [-0.2, 0) is 20.7 Å². The molecule has 1 aliphatic rings. The van der Waals surface area contributed by atoms with Crippen LogP contribution < -0.4 is 4.74 Å². The van der Waals surface area contributed by atoms with Crippen molar-refractivity contribution in [1.29, 1.82) is 0 Å². The molecule has 4 rings (SSSR count). The molecule has 0 bridgehead atoms. The Hall–Kier alpha value is -3.80. The molecule has 0 saturated carbocycles. The fourth-order valence-corrected chi connectivity index (χ4v) is 4.76. The van der Waals surface area contributed by atoms with E-state index in [0.717, 1.165) is 22.4 Å². The minimum absolute atomic E-state index is 0.0518. The largest absolute Gasteiger partial charge is 0.497 e. The number of carbonyl (C=O) groups excluding carboxylic acids is 2. The van der Waals surface area contributed by atoms with Crippen molar-refractivity contribution < 1.29 is 23.8 Å². The molecule has 6 nitrogen and oxygen atoms in total. The number of nitrogens with zero attached hydrogens (tertiary/aromatic N) is 1. The van der Waals surface area contributed by atoms with E-state index in [1.165, 1.54) is 16.0 Å². The van der Waals surface area contributed by atoms with Gasteiger partial charge in [0.15, 0.2) is 0 Å². The van der Waals surface area contributed by atoms with Gasteiger partial charge >= 0.3 is 12.1 Å². The fraction of sp³-hybridized carbons (Fsp3) is 0.355. The second-order valence-corrected chi connectivity index (χ2v) is 10.4. The van der Waals surface area contributed by atoms with E-state index >= 15 is 0 Å². The Morgan fingerprint density at radius 3 is 2.00 bits per heavy atom. The molecule has 1 unspecified atom stereocenters. The van der Waals surface area contributed by atoms with Crippen LogP contribution in [0.25, 0.3) is 11.1 Å². The van der Waals surface area contributed by atoms with E-state index in [4.69, 9.17) is 14.2 Å². The molecule has 0 saturated heterocycles. The molecule has 0 radical (unpaired) electrons. The number of fused-ring (bicyclic) bond motifs is 3. The lowest BCUT2D eigenvalue weighted by atomic mass is 9.98. The number of carbonyl (C=O) groups is 2. The molecule has 3 aromatic carbocycles. The molecule has 3 aromatic rings. The molecule has 194 valence electrons. The summed E-state index contributed by atoms with van der Waals surface area (Å²) in [5.41, 5.74) is 4.98. The Kier molecular flexibility index (Phi) is 7.86. The highest BCUT2D eigenvalue weighted by molar-refractivity contribution is 5.82. The normalized spacial score (nSPS) is 13.3. The summed E-state index contributed by atoms with van der Waals surface area (Å²) in [6.45, 7) is 5.65. The molecular formula is C31H35NO5. The number of amides is 1. The van der Waals surface area contributed by atoms with Crippen molar-refractivity contribution in [3.05, 3.63) is 89.5 Å². The van der Waals surface area contributed by atoms with Crippen molar-refractivity contribution >= 4 is 12.1 Å². The van der Waals surface area contributed by atoms with Crippen LogP contribution in [0.15, 0.2) is 72.8 Å². The summed E-state index contributed by atoms with van der Waals surface area (Å²) in [4.78, 5) is 27.7. The highest BCUT2D eigenvalue weighted by Gasteiger charge is 2.34. The third-order valence-electron chi connectivity index (χ3n) is 6.64. The van der Waals surface area contributed by atoms with E-state index in [1.54, 1.807) is 14.2 Å². The summed E-state index contributed by atoms with van der Waals surface area (Å²) in [5, 5.41) is 0. The summed E-state index contributed by atoms with van der Waals surface area (Å²) >= 11 is 0. The van der Waals surface area contributed by atoms with Crippen LogP contribution in [0.3, 0.4) is 0 Å². The molecule has 0 spiro atoms. The Bertz CT molecular complexity index is 1200. The molecule has 0 aliphatic heterocycles. The lowest BCUT2D eigenvalue weighted by molar-refractivity contribution is -0.160. The first-order chi connectivity index (χ1) is 17.7. The predicted molar refractivity (Wildman–Crippen MR) is 144 cm³/mol. The third-order valence-corrected chi connectivity index (χ3v) is 6.64. The van der Waals surface area contributed by atoms with Crippen molar-refractivity contribution in [3.63, 3.8) is 0 Å². The van der Waals surface area contributed by atoms with Gasteiger partial charge in [0.05, 0.1) is 7.11 Å². The molecular weight excluding hydrogens is 466 g/mol. The number of ether oxygens (including phenoxy) is 3. The van der Waals surface area contributed by atoms with Crippen molar-refractivity contribution in [2.24, 2.45) is 0 Å². The zero-order valence-electron chi connectivity index (χ0n) is 22.2. The van der Waals surface area contributed by atoms with Crippen LogP contribution in [0.1, 0.15) is 49.8 Å². The molecule has 0 N–H and O–H groups in total. The second-order valence-electron chi connectivity index (χ2n) is 10.4. The topological polar surface area (TPSA) is 65.1 Å². The zero-order chi connectivity index (χ0) is 26.6. The van der Waals surface area contributed by atoms with Gasteiger partial charge in [-0.3, -0.25) is 4.90 Å². The first kappa shape index (κ1) is 26.3. The van der Waals surface area contributed by atoms with Gasteiger partial charge in [0.1, 0.15) is 24.0 Å². The van der Waals surface area contributed by atoms with Crippen LogP contribution in [0.4, 0.5) is 4.79 Å². The Morgan fingerprint density at radius 1 is 0.892 bits per heavy atom. The highest BCUT2D eigenvalue weighted by atomic mass is 16.6. The van der Waals surface area contributed by atoms with Crippen molar-refractivity contribution in [1.82, 2.24) is 4.90 Å². The van der Waals surface area contributed by atoms with Gasteiger partial charge in [-0.15, -0.1) is 0 Å². The zero-order valence-corrected chi connectivity index (χ0v) is 22.2. The van der Waals surface area contributed by atoms with E-state index in [9.17, 15) is 9.59 Å². The monoisotopic (exact) mass is 501 g/mol. The molecule has 0 heterocycles. The van der Waals surface area contributed by atoms with Crippen LogP contribution in [0.2, 0.25) is 0 Å². The quantitative estimate of drug-likeness (QED) is 0.343. The summed E-state index contributed by atoms with van der Waals surface area (Å²) in [6.07, 6.45) is 0.448. The van der Waals surface area contributed by atoms with Gasteiger partial charge in [0.2, 0.25) is 0 Å². The summed E-state index contributed by atoms with van der Waals surface area (Å²) in [6, 6.07) is 23.3. The summed E-state index contributed by atoms with van der Waals surface area (Å²) in [5.74, 6) is 0.268. The van der Waals surface area contributed by atoms with Gasteiger partial charge in [0.25, 0.3) is 0 Å². The molecule has 1 amide bonds. The van der Waals surface area contributed by atoms with Gasteiger partial charge in [-0.2, -0.15) is 0 Å². The number of aryl methyl sites for hydroxylation is 1. The molecule has 37 heavy (non-hydrogen) atoms. The van der Waals surface area contributed by atoms with Gasteiger partial charge in [0, 0.05) is 13.0 Å². The number of methoxy groups -OCH3 is 1. The van der Waals surface area contributed by atoms with Gasteiger partial charge in [-0.05, 0) is 73.6 Å². The number of hydrogen-bond donors (Lipinski definition) is 0. The van der Waals surface area contributed by atoms with Crippen LogP contribution in [0, 0.1) is 0 Å². The van der Waals surface area contributed by atoms with Crippen LogP contribution in [-0.4, -0.2) is 49.4 Å². The standard InChI is InChI=1S/C31H35NO5/c1-31(2,3)37-29(33)28(19-16-21-14-17-22(35-5)18-15-21)32(4)30(34)36-20-27-25-12-8-6-10-23(25)24-11-7-9-13-26(24)27/h6-15,17-18,27-28H,16,19-20H2,1-5H3. The minimum Gasteiger partial charge on any atom is -0.497 e. The summed E-state index contributed by atoms with van der Waals surface area (Å²) < 4.78 is 16.7. The van der Waals surface area contributed by atoms with Gasteiger partial charge in [-0.1, -0.05) is 60.7 Å². The van der Waals surface area contributed by atoms with Crippen LogP contribution >= 0.6 is 0 Å². The first-order valence-electron chi connectivity index (χ1n) is 12.6. The average Bonchev–Trinajstić information content (AvgIpc) is 3.20. The maximum atomic E-state index is 13.2. The highest BCUT2D eigenvalue weighted by Crippen LogP contribution is 2.44. The minimum atomic E-state index is -0.781. The van der Waals surface area contributed by atoms with Crippen molar-refractivity contribution in [2.45, 2.75) is 51.2 Å². The second kappa shape index (κ2) is 11.1.